The number of aliphatic carboxylic acids is 1. The summed E-state index contributed by atoms with van der Waals surface area (Å²) < 4.78 is 17.4. The molecule has 3 aromatic rings. The van der Waals surface area contributed by atoms with Gasteiger partial charge in [-0.15, -0.1) is 11.3 Å². The van der Waals surface area contributed by atoms with E-state index in [1.807, 2.05) is 60.6 Å². The van der Waals surface area contributed by atoms with E-state index in [4.69, 9.17) is 24.9 Å². The number of piperidine rings is 1. The normalized spacial score (nSPS) is 16.7. The Bertz CT molecular complexity index is 3560. The molecule has 622 valence electrons. The summed E-state index contributed by atoms with van der Waals surface area (Å²) in [6.07, 6.45) is 7.32. The first-order chi connectivity index (χ1) is 53.2. The number of nitrogens with one attached hydrogen (secondary N) is 6. The van der Waals surface area contributed by atoms with Gasteiger partial charge in [0.05, 0.1) is 17.9 Å². The molecule has 0 aliphatic carbocycles. The molecular weight excluding hydrogens is 1470 g/mol. The van der Waals surface area contributed by atoms with Gasteiger partial charge in [0.1, 0.15) is 47.3 Å². The number of hydrogen-bond donors (Lipinski definition) is 8. The summed E-state index contributed by atoms with van der Waals surface area (Å²) in [6, 6.07) is 8.26. The maximum Gasteiger partial charge on any atom is 0.415 e. The Morgan fingerprint density at radius 1 is 0.777 bits per heavy atom. The number of unbranched alkanes of at least 4 members (excludes halogenated alkanes) is 2. The molecule has 2 saturated heterocycles. The van der Waals surface area contributed by atoms with Crippen molar-refractivity contribution in [1.82, 2.24) is 56.1 Å². The molecule has 1 aromatic heterocycles. The first kappa shape index (κ1) is 94.2. The summed E-state index contributed by atoms with van der Waals surface area (Å²) in [6.45, 7) is 23.5. The van der Waals surface area contributed by atoms with Gasteiger partial charge in [-0.1, -0.05) is 120 Å². The molecule has 12 amide bonds. The van der Waals surface area contributed by atoms with Gasteiger partial charge in [-0.2, -0.15) is 0 Å². The molecule has 32 heteroatoms. The molecule has 5 rings (SSSR count). The van der Waals surface area contributed by atoms with Crippen LogP contribution in [0.4, 0.5) is 20.1 Å². The Morgan fingerprint density at radius 3 is 2.04 bits per heavy atom. The molecule has 1 unspecified atom stereocenters. The number of nitrogens with zero attached hydrogens (tertiary/aromatic N) is 6. The van der Waals surface area contributed by atoms with Gasteiger partial charge >= 0.3 is 24.2 Å². The number of likely N-dealkylation sites (N-methyl/N-ethyl adjacent to an activating group) is 3. The van der Waals surface area contributed by atoms with Gasteiger partial charge in [0.25, 0.3) is 5.91 Å². The predicted molar refractivity (Wildman–Crippen MR) is 436 cm³/mol. The smallest absolute Gasteiger partial charge is 0.415 e. The van der Waals surface area contributed by atoms with E-state index in [1.165, 1.54) is 40.1 Å². The van der Waals surface area contributed by atoms with Crippen LogP contribution in [0.3, 0.4) is 0 Å². The van der Waals surface area contributed by atoms with Crippen LogP contribution in [0.1, 0.15) is 218 Å². The standard InChI is InChI=1S/C80H126BN13O16S2/c1-15-38-93(75(102)68(52(10)17-3)89-71(99)62-27-22-24-39-90(62)12)63(50(6)7)47-64(108-43-16-2)73-87-61(49-111-73)70(98)85-57(44-53(11)76(103)104)45-54-31-35-58(36-32-54)110-79(107)92(14)42-41-91(13)78(106)109-48-55-29-33-56(34-30-55)84-69(97)60(26-25-37-83-77(82)105)86-72(100)67(51(8)9)88-65(95)28-21-20-23-40-94-66(96)46-59(74(94)101)80(18-4,19-5)112-81/h29-36,49-53,57,59-60,62-64,67-68H,15-28,37-48,81H2,1-14H3,(H,84,97)(H,85,98)(H,86,100)(H,88,95)(H,89,99)(H,103,104)(H3,82,83,105)/t52-,53-,57+,59?,60+,62+,63+,64+,67+,68-/m0/s1. The van der Waals surface area contributed by atoms with Crippen LogP contribution in [0, 0.1) is 29.6 Å². The lowest BCUT2D eigenvalue weighted by Crippen LogP contribution is -2.58. The largest absolute Gasteiger partial charge is 0.481 e. The summed E-state index contributed by atoms with van der Waals surface area (Å²) in [7, 11) is 6.96. The van der Waals surface area contributed by atoms with Crippen molar-refractivity contribution in [3.05, 3.63) is 75.7 Å². The SMILES string of the molecule is BSC(CC)(CC)C1CC(=O)N(CCCCCC(=O)N[C@@H](C(=O)N[C@H](CCCNC(N)=O)C(=O)Nc2ccc(COC(=O)N(C)CCN(C)C(=O)Oc3ccc(C[C@@H](C[C@H](C)C(=O)O)NC(=O)c4csc([C@@H](C[C@H](C(C)C)N(CCC)C(=O)[C@@H](NC(=O)[C@H]5CCCCN5C)[C@@H](C)CC)OCCC)n4)cc3)cc2)C(C)C)C1=O. The zero-order chi connectivity index (χ0) is 82.9. The van der Waals surface area contributed by atoms with Crippen molar-refractivity contribution in [1.29, 1.82) is 0 Å². The average Bonchev–Trinajstić information content (AvgIpc) is 1.63. The fraction of sp³-hybridized carbons (Fsp3) is 0.662. The van der Waals surface area contributed by atoms with E-state index >= 15 is 0 Å². The van der Waals surface area contributed by atoms with Crippen LogP contribution >= 0.6 is 22.9 Å². The second-order valence-electron chi connectivity index (χ2n) is 30.5. The first-order valence-corrected chi connectivity index (χ1v) is 42.1. The van der Waals surface area contributed by atoms with Gasteiger partial charge < -0.3 is 71.7 Å². The van der Waals surface area contributed by atoms with Crippen LogP contribution < -0.4 is 42.4 Å². The second-order valence-corrected chi connectivity index (χ2v) is 32.6. The lowest BCUT2D eigenvalue weighted by molar-refractivity contribution is -0.143. The maximum absolute atomic E-state index is 14.9. The highest BCUT2D eigenvalue weighted by Crippen LogP contribution is 2.43. The monoisotopic (exact) mass is 1600 g/mol. The van der Waals surface area contributed by atoms with Crippen LogP contribution in [0.15, 0.2) is 53.9 Å². The number of carboxylic acids is 1. The fourth-order valence-electron chi connectivity index (χ4n) is 14.1. The van der Waals surface area contributed by atoms with Crippen LogP contribution in [0.2, 0.25) is 0 Å². The van der Waals surface area contributed by atoms with Crippen molar-refractivity contribution in [3.63, 3.8) is 0 Å². The van der Waals surface area contributed by atoms with Crippen LogP contribution in [-0.4, -0.2) is 221 Å². The summed E-state index contributed by atoms with van der Waals surface area (Å²) >= 11 is 2.91. The number of likely N-dealkylation sites (tertiary alicyclic amines) is 2. The van der Waals surface area contributed by atoms with E-state index in [-0.39, 0.29) is 153 Å². The van der Waals surface area contributed by atoms with Gasteiger partial charge in [-0.05, 0) is 144 Å². The zero-order valence-corrected chi connectivity index (χ0v) is 70.3. The maximum atomic E-state index is 14.9. The van der Waals surface area contributed by atoms with Crippen molar-refractivity contribution in [2.24, 2.45) is 35.3 Å². The highest BCUT2D eigenvalue weighted by molar-refractivity contribution is 8.20. The second kappa shape index (κ2) is 47.4. The molecule has 0 radical (unpaired) electrons. The van der Waals surface area contributed by atoms with E-state index in [2.05, 4.69) is 50.6 Å². The third-order valence-corrected chi connectivity index (χ3v) is 24.0. The number of aromatic nitrogens is 1. The van der Waals surface area contributed by atoms with Gasteiger partial charge in [-0.25, -0.2) is 31.0 Å². The first-order valence-electron chi connectivity index (χ1n) is 40.0. The zero-order valence-electron chi connectivity index (χ0n) is 68.7. The van der Waals surface area contributed by atoms with Crippen LogP contribution in [0.5, 0.6) is 5.75 Å². The number of nitrogens with two attached hydrogens (primary N) is 1. The van der Waals surface area contributed by atoms with E-state index in [0.29, 0.717) is 74.4 Å². The Labute approximate surface area is 671 Å². The molecule has 3 heterocycles. The summed E-state index contributed by atoms with van der Waals surface area (Å²) in [5.41, 5.74) is 7.05. The van der Waals surface area contributed by atoms with Crippen LogP contribution in [-0.2, 0) is 60.9 Å². The molecule has 2 fully saturated rings. The number of ether oxygens (including phenoxy) is 3. The fourth-order valence-corrected chi connectivity index (χ4v) is 16.0. The molecule has 0 spiro atoms. The average molecular weight is 1600 g/mol. The molecule has 112 heavy (non-hydrogen) atoms. The molecule has 2 aliphatic heterocycles. The number of benzene rings is 2. The number of anilines is 1. The Hall–Kier alpha value is -8.36. The van der Waals surface area contributed by atoms with E-state index in [0.717, 1.165) is 44.2 Å². The number of carboxylic acid groups (broad SMARTS) is 1. The topological polar surface area (TPSA) is 380 Å². The van der Waals surface area contributed by atoms with Crippen molar-refractivity contribution in [2.45, 2.75) is 245 Å². The highest BCUT2D eigenvalue weighted by atomic mass is 32.2. The Kier molecular flexibility index (Phi) is 39.8. The van der Waals surface area contributed by atoms with Gasteiger partial charge in [0.15, 0.2) is 7.12 Å². The van der Waals surface area contributed by atoms with E-state index in [1.54, 1.807) is 86.3 Å². The van der Waals surface area contributed by atoms with Crippen molar-refractivity contribution < 1.29 is 76.9 Å². The quantitative estimate of drug-likeness (QED) is 0.0148. The molecule has 2 aromatic carbocycles. The van der Waals surface area contributed by atoms with E-state index in [9.17, 15) is 62.6 Å². The highest BCUT2D eigenvalue weighted by Gasteiger charge is 2.49. The van der Waals surface area contributed by atoms with Crippen LogP contribution in [0.25, 0.3) is 0 Å². The predicted octanol–water partition coefficient (Wildman–Crippen LogP) is 9.22. The number of urea groups is 1. The molecule has 0 saturated carbocycles. The van der Waals surface area contributed by atoms with Gasteiger partial charge in [-0.3, -0.25) is 53.0 Å². The molecule has 2 aliphatic rings. The van der Waals surface area contributed by atoms with Gasteiger partial charge in [0.2, 0.25) is 41.4 Å². The van der Waals surface area contributed by atoms with Gasteiger partial charge in [0, 0.05) is 101 Å². The minimum atomic E-state index is -1.10. The third kappa shape index (κ3) is 28.9. The molecule has 10 atom stereocenters. The number of thiazole rings is 1. The Balaban J connectivity index is 1.11. The summed E-state index contributed by atoms with van der Waals surface area (Å²) in [4.78, 5) is 173. The summed E-state index contributed by atoms with van der Waals surface area (Å²) in [5, 5.41) is 29.3. The minimum Gasteiger partial charge on any atom is -0.481 e. The number of imide groups is 1. The summed E-state index contributed by atoms with van der Waals surface area (Å²) in [5.74, 6) is -5.10. The lowest BCUT2D eigenvalue weighted by atomic mass is 9.85. The Morgan fingerprint density at radius 2 is 1.45 bits per heavy atom. The molecule has 29 nitrogen and oxygen atoms in total. The lowest BCUT2D eigenvalue weighted by Gasteiger charge is -2.40. The third-order valence-electron chi connectivity index (χ3n) is 21.4. The van der Waals surface area contributed by atoms with Crippen molar-refractivity contribution in [3.8, 4) is 5.75 Å². The number of primary amides is 1. The number of carbonyl (C=O) groups is 12. The van der Waals surface area contributed by atoms with E-state index < -0.39 is 78.1 Å². The van der Waals surface area contributed by atoms with Crippen molar-refractivity contribution >= 4 is 107 Å². The molecule has 9 N–H and O–H groups in total. The number of amides is 12. The van der Waals surface area contributed by atoms with Crippen molar-refractivity contribution in [2.75, 3.05) is 72.3 Å². The number of carbonyl (C=O) groups excluding carboxylic acids is 11. The molecule has 0 bridgehead atoms. The minimum absolute atomic E-state index is 0.0130. The number of rotatable bonds is 48. The molecular formula is C80H126BN13O16S2. The number of hydrogen-bond acceptors (Lipinski definition) is 19.